The second-order valence-corrected chi connectivity index (χ2v) is 11.7. The third-order valence-corrected chi connectivity index (χ3v) is 9.67. The van der Waals surface area contributed by atoms with E-state index in [0.717, 1.165) is 48.9 Å². The van der Waals surface area contributed by atoms with Gasteiger partial charge < -0.3 is 15.0 Å². The molecule has 1 aliphatic heterocycles. The minimum atomic E-state index is -0.516. The molecule has 4 fully saturated rings. The van der Waals surface area contributed by atoms with Crippen LogP contribution < -0.4 is 5.32 Å². The van der Waals surface area contributed by atoms with Gasteiger partial charge in [-0.05, 0) is 73.3 Å². The summed E-state index contributed by atoms with van der Waals surface area (Å²) in [7, 11) is 0. The van der Waals surface area contributed by atoms with Crippen molar-refractivity contribution in [1.29, 1.82) is 0 Å². The number of fused-ring (bicyclic) bond motifs is 3. The van der Waals surface area contributed by atoms with Crippen molar-refractivity contribution in [2.45, 2.75) is 63.1 Å². The average molecular weight is 486 g/mol. The SMILES string of the molecule is O=C(Cc1ccccc1)NC1C2CC3CC1CC(C(O)CC1c4c(F)cccc4-c4cncn41)(C3)C2. The number of nitrogens with zero attached hydrogens (tertiary/aromatic N) is 2. The van der Waals surface area contributed by atoms with Gasteiger partial charge in [0.15, 0.2) is 0 Å². The molecule has 186 valence electrons. The van der Waals surface area contributed by atoms with Gasteiger partial charge in [-0.2, -0.15) is 0 Å². The second-order valence-electron chi connectivity index (χ2n) is 11.7. The predicted octanol–water partition coefficient (Wildman–Crippen LogP) is 4.90. The number of nitrogens with one attached hydrogen (secondary N) is 1. The largest absolute Gasteiger partial charge is 0.392 e. The van der Waals surface area contributed by atoms with Crippen LogP contribution >= 0.6 is 0 Å². The first-order valence-corrected chi connectivity index (χ1v) is 13.3. The van der Waals surface area contributed by atoms with Crippen LogP contribution in [0.15, 0.2) is 61.1 Å². The Kier molecular flexibility index (Phi) is 5.11. The minimum Gasteiger partial charge on any atom is -0.392 e. The van der Waals surface area contributed by atoms with Gasteiger partial charge in [0.1, 0.15) is 5.82 Å². The van der Waals surface area contributed by atoms with Gasteiger partial charge in [0.05, 0.1) is 36.8 Å². The fraction of sp³-hybridized carbons (Fsp3) is 0.467. The van der Waals surface area contributed by atoms with Crippen LogP contribution in [0.1, 0.15) is 55.7 Å². The van der Waals surface area contributed by atoms with Crippen LogP contribution in [0.5, 0.6) is 0 Å². The van der Waals surface area contributed by atoms with Crippen LogP contribution in [-0.4, -0.2) is 32.7 Å². The quantitative estimate of drug-likeness (QED) is 0.522. The Morgan fingerprint density at radius 2 is 1.89 bits per heavy atom. The van der Waals surface area contributed by atoms with Gasteiger partial charge in [-0.3, -0.25) is 4.79 Å². The Bertz CT molecular complexity index is 1290. The number of aliphatic hydroxyl groups is 1. The van der Waals surface area contributed by atoms with Gasteiger partial charge >= 0.3 is 0 Å². The van der Waals surface area contributed by atoms with Crippen LogP contribution in [0, 0.1) is 29.0 Å². The van der Waals surface area contributed by atoms with E-state index in [-0.39, 0.29) is 29.2 Å². The van der Waals surface area contributed by atoms with Crippen molar-refractivity contribution in [3.8, 4) is 11.3 Å². The van der Waals surface area contributed by atoms with E-state index >= 15 is 0 Å². The smallest absolute Gasteiger partial charge is 0.224 e. The number of aromatic nitrogens is 2. The molecule has 0 radical (unpaired) electrons. The van der Waals surface area contributed by atoms with Gasteiger partial charge in [-0.25, -0.2) is 9.37 Å². The standard InChI is InChI=1S/C30H32FN3O2/c31-23-8-4-7-22-25-16-32-17-34(25)24(28(22)23)12-26(35)30-13-19-9-20(14-30)29(21(10-19)15-30)33-27(36)11-18-5-2-1-3-6-18/h1-8,16-17,19-21,24,26,29,35H,9-15H2,(H,33,36). The maximum Gasteiger partial charge on any atom is 0.224 e. The molecule has 4 unspecified atom stereocenters. The molecule has 5 aliphatic rings. The summed E-state index contributed by atoms with van der Waals surface area (Å²) in [6, 6.07) is 15.1. The molecule has 2 N–H and O–H groups in total. The molecule has 4 bridgehead atoms. The summed E-state index contributed by atoms with van der Waals surface area (Å²) >= 11 is 0. The fourth-order valence-corrected chi connectivity index (χ4v) is 8.44. The van der Waals surface area contributed by atoms with Gasteiger partial charge in [-0.15, -0.1) is 0 Å². The van der Waals surface area contributed by atoms with E-state index in [4.69, 9.17) is 0 Å². The van der Waals surface area contributed by atoms with E-state index in [1.54, 1.807) is 18.6 Å². The van der Waals surface area contributed by atoms with E-state index in [1.165, 1.54) is 6.07 Å². The fourth-order valence-electron chi connectivity index (χ4n) is 8.44. The lowest BCUT2D eigenvalue weighted by Gasteiger charge is -2.61. The molecule has 4 aliphatic carbocycles. The van der Waals surface area contributed by atoms with Crippen molar-refractivity contribution < 1.29 is 14.3 Å². The first-order valence-electron chi connectivity index (χ1n) is 13.3. The molecule has 0 spiro atoms. The molecule has 2 heterocycles. The molecule has 6 heteroatoms. The minimum absolute atomic E-state index is 0.0962. The summed E-state index contributed by atoms with van der Waals surface area (Å²) in [5.74, 6) is 1.30. The molecule has 5 nitrogen and oxygen atoms in total. The monoisotopic (exact) mass is 485 g/mol. The van der Waals surface area contributed by atoms with E-state index in [9.17, 15) is 14.3 Å². The molecular weight excluding hydrogens is 453 g/mol. The molecule has 4 saturated carbocycles. The summed E-state index contributed by atoms with van der Waals surface area (Å²) in [5.41, 5.74) is 3.38. The molecule has 0 saturated heterocycles. The highest BCUT2D eigenvalue weighted by molar-refractivity contribution is 5.79. The number of benzene rings is 2. The number of aliphatic hydroxyl groups excluding tert-OH is 1. The van der Waals surface area contributed by atoms with Crippen LogP contribution in [0.3, 0.4) is 0 Å². The molecule has 36 heavy (non-hydrogen) atoms. The molecule has 4 atom stereocenters. The van der Waals surface area contributed by atoms with Crippen LogP contribution in [0.4, 0.5) is 4.39 Å². The van der Waals surface area contributed by atoms with Gasteiger partial charge in [0.25, 0.3) is 0 Å². The summed E-state index contributed by atoms with van der Waals surface area (Å²) < 4.78 is 17.0. The Morgan fingerprint density at radius 3 is 2.67 bits per heavy atom. The van der Waals surface area contributed by atoms with Gasteiger partial charge in [-0.1, -0.05) is 42.5 Å². The second kappa shape index (κ2) is 8.27. The molecule has 3 aromatic rings. The van der Waals surface area contributed by atoms with Crippen molar-refractivity contribution in [1.82, 2.24) is 14.9 Å². The lowest BCUT2D eigenvalue weighted by molar-refractivity contribution is -0.145. The summed E-state index contributed by atoms with van der Waals surface area (Å²) in [4.78, 5) is 17.2. The third-order valence-electron chi connectivity index (χ3n) is 9.67. The van der Waals surface area contributed by atoms with Crippen LogP contribution in [0.2, 0.25) is 0 Å². The van der Waals surface area contributed by atoms with Crippen molar-refractivity contribution in [3.63, 3.8) is 0 Å². The molecule has 2 aromatic carbocycles. The number of imidazole rings is 1. The number of carbonyl (C=O) groups is 1. The Hall–Kier alpha value is -2.99. The number of hydrogen-bond acceptors (Lipinski definition) is 3. The Morgan fingerprint density at radius 1 is 1.11 bits per heavy atom. The average Bonchev–Trinajstić information content (AvgIpc) is 3.45. The lowest BCUT2D eigenvalue weighted by atomic mass is 9.46. The number of halogens is 1. The topological polar surface area (TPSA) is 67.2 Å². The van der Waals surface area contributed by atoms with Crippen molar-refractivity contribution in [2.75, 3.05) is 0 Å². The summed E-state index contributed by atoms with van der Waals surface area (Å²) in [6.45, 7) is 0. The number of hydrogen-bond donors (Lipinski definition) is 2. The summed E-state index contributed by atoms with van der Waals surface area (Å²) in [5, 5.41) is 15.2. The van der Waals surface area contributed by atoms with Gasteiger partial charge in [0, 0.05) is 17.2 Å². The van der Waals surface area contributed by atoms with Crippen molar-refractivity contribution >= 4 is 5.91 Å². The van der Waals surface area contributed by atoms with Crippen LogP contribution in [-0.2, 0) is 11.2 Å². The van der Waals surface area contributed by atoms with E-state index in [0.29, 0.717) is 36.2 Å². The van der Waals surface area contributed by atoms with Crippen molar-refractivity contribution in [3.05, 3.63) is 78.0 Å². The highest BCUT2D eigenvalue weighted by Crippen LogP contribution is 2.62. The highest BCUT2D eigenvalue weighted by atomic mass is 19.1. The maximum atomic E-state index is 15.0. The van der Waals surface area contributed by atoms with Crippen molar-refractivity contribution in [2.24, 2.45) is 23.2 Å². The number of rotatable bonds is 6. The van der Waals surface area contributed by atoms with Gasteiger partial charge in [0.2, 0.25) is 5.91 Å². The lowest BCUT2D eigenvalue weighted by Crippen LogP contribution is -2.62. The Labute approximate surface area is 210 Å². The third kappa shape index (κ3) is 3.45. The Balaban J connectivity index is 1.10. The number of carbonyl (C=O) groups excluding carboxylic acids is 1. The molecule has 8 rings (SSSR count). The highest BCUT2D eigenvalue weighted by Gasteiger charge is 2.58. The first kappa shape index (κ1) is 22.2. The zero-order chi connectivity index (χ0) is 24.4. The first-order chi connectivity index (χ1) is 17.5. The molecule has 1 amide bonds. The summed E-state index contributed by atoms with van der Waals surface area (Å²) in [6.07, 6.45) is 9.12. The zero-order valence-corrected chi connectivity index (χ0v) is 20.3. The normalized spacial score (nSPS) is 32.2. The number of amides is 1. The van der Waals surface area contributed by atoms with E-state index in [1.807, 2.05) is 41.0 Å². The van der Waals surface area contributed by atoms with E-state index in [2.05, 4.69) is 10.3 Å². The van der Waals surface area contributed by atoms with E-state index < -0.39 is 6.10 Å². The molecular formula is C30H32FN3O2. The van der Waals surface area contributed by atoms with Crippen LogP contribution in [0.25, 0.3) is 11.3 Å². The predicted molar refractivity (Wildman–Crippen MR) is 134 cm³/mol. The molecule has 1 aromatic heterocycles. The maximum absolute atomic E-state index is 15.0. The zero-order valence-electron chi connectivity index (χ0n) is 20.3.